The number of alkyl halides is 3. The third-order valence-electron chi connectivity index (χ3n) is 2.99. The predicted molar refractivity (Wildman–Crippen MR) is 72.4 cm³/mol. The summed E-state index contributed by atoms with van der Waals surface area (Å²) in [4.78, 5) is 10.8. The summed E-state index contributed by atoms with van der Waals surface area (Å²) in [6, 6.07) is 9.54. The number of hydrogen-bond acceptors (Lipinski definition) is 2. The van der Waals surface area contributed by atoms with Crippen molar-refractivity contribution < 1.29 is 18.0 Å². The Morgan fingerprint density at radius 1 is 1.24 bits per heavy atom. The highest BCUT2D eigenvalue weighted by Crippen LogP contribution is 2.33. The minimum absolute atomic E-state index is 0.0891. The van der Waals surface area contributed by atoms with Crippen LogP contribution in [0, 0.1) is 0 Å². The number of hydrogen-bond donors (Lipinski definition) is 0. The fourth-order valence-corrected chi connectivity index (χ4v) is 2.25. The number of aryl methyl sites for hydroxylation is 2. The molecule has 7 heteroatoms. The van der Waals surface area contributed by atoms with Crippen molar-refractivity contribution in [2.24, 2.45) is 0 Å². The number of halogens is 4. The lowest BCUT2D eigenvalue weighted by Gasteiger charge is -2.04. The number of benzene rings is 1. The molecular weight excluding hydrogens is 305 g/mol. The van der Waals surface area contributed by atoms with Crippen molar-refractivity contribution in [1.29, 1.82) is 0 Å². The van der Waals surface area contributed by atoms with E-state index in [1.54, 1.807) is 0 Å². The van der Waals surface area contributed by atoms with Crippen molar-refractivity contribution in [1.82, 2.24) is 9.78 Å². The van der Waals surface area contributed by atoms with Gasteiger partial charge >= 0.3 is 6.18 Å². The Morgan fingerprint density at radius 3 is 2.43 bits per heavy atom. The molecule has 0 unspecified atom stereocenters. The lowest BCUT2D eigenvalue weighted by molar-refractivity contribution is -0.141. The molecule has 0 spiro atoms. The van der Waals surface area contributed by atoms with Gasteiger partial charge in [-0.05, 0) is 18.4 Å². The van der Waals surface area contributed by atoms with Gasteiger partial charge < -0.3 is 0 Å². The van der Waals surface area contributed by atoms with Crippen LogP contribution in [-0.2, 0) is 19.1 Å². The van der Waals surface area contributed by atoms with Gasteiger partial charge in [-0.2, -0.15) is 18.3 Å². The molecule has 0 N–H and O–H groups in total. The van der Waals surface area contributed by atoms with Crippen LogP contribution in [0.4, 0.5) is 13.2 Å². The van der Waals surface area contributed by atoms with Crippen LogP contribution < -0.4 is 0 Å². The van der Waals surface area contributed by atoms with Crippen molar-refractivity contribution >= 4 is 17.9 Å². The number of carbonyl (C=O) groups is 1. The van der Waals surface area contributed by atoms with E-state index < -0.39 is 17.4 Å². The summed E-state index contributed by atoms with van der Waals surface area (Å²) < 4.78 is 39.2. The highest BCUT2D eigenvalue weighted by atomic mass is 35.5. The Bertz CT molecular complexity index is 623. The summed E-state index contributed by atoms with van der Waals surface area (Å²) in [5.41, 5.74) is -0.765. The van der Waals surface area contributed by atoms with E-state index in [0.717, 1.165) is 10.2 Å². The molecule has 0 amide bonds. The van der Waals surface area contributed by atoms with Crippen molar-refractivity contribution in [2.45, 2.75) is 25.6 Å². The maximum Gasteiger partial charge on any atom is 0.435 e. The molecule has 3 nitrogen and oxygen atoms in total. The highest BCUT2D eigenvalue weighted by Gasteiger charge is 2.38. The first kappa shape index (κ1) is 15.6. The van der Waals surface area contributed by atoms with Crippen LogP contribution >= 0.6 is 11.6 Å². The zero-order chi connectivity index (χ0) is 15.5. The molecule has 0 aliphatic heterocycles. The normalized spacial score (nSPS) is 11.6. The predicted octanol–water partition coefficient (Wildman–Crippen LogP) is 4.00. The van der Waals surface area contributed by atoms with Gasteiger partial charge in [0.05, 0.1) is 5.56 Å². The highest BCUT2D eigenvalue weighted by molar-refractivity contribution is 6.32. The first-order chi connectivity index (χ1) is 9.93. The summed E-state index contributed by atoms with van der Waals surface area (Å²) in [6.07, 6.45) is -3.34. The second-order valence-electron chi connectivity index (χ2n) is 4.48. The van der Waals surface area contributed by atoms with Crippen molar-refractivity contribution in [2.75, 3.05) is 0 Å². The standard InChI is InChI=1S/C14H12ClF3N2O/c15-13-11(9-21)12(14(16,17)18)19-20(13)8-4-7-10-5-2-1-3-6-10/h1-3,5-6,9H,4,7-8H2. The Kier molecular flexibility index (Phi) is 4.67. The van der Waals surface area contributed by atoms with Crippen LogP contribution in [0.1, 0.15) is 28.0 Å². The third kappa shape index (κ3) is 3.64. The number of aromatic nitrogens is 2. The van der Waals surface area contributed by atoms with E-state index >= 15 is 0 Å². The molecule has 1 aromatic carbocycles. The summed E-state index contributed by atoms with van der Waals surface area (Å²) in [7, 11) is 0. The van der Waals surface area contributed by atoms with E-state index in [1.807, 2.05) is 30.3 Å². The lowest BCUT2D eigenvalue weighted by Crippen LogP contribution is -2.10. The van der Waals surface area contributed by atoms with Crippen molar-refractivity contribution in [3.63, 3.8) is 0 Å². The maximum atomic E-state index is 12.7. The zero-order valence-corrected chi connectivity index (χ0v) is 11.7. The molecule has 21 heavy (non-hydrogen) atoms. The minimum atomic E-state index is -4.69. The average Bonchev–Trinajstić information content (AvgIpc) is 2.77. The van der Waals surface area contributed by atoms with E-state index in [9.17, 15) is 18.0 Å². The van der Waals surface area contributed by atoms with Gasteiger partial charge in [0.2, 0.25) is 0 Å². The Labute approximate surface area is 124 Å². The third-order valence-corrected chi connectivity index (χ3v) is 3.39. The molecule has 0 bridgehead atoms. The molecule has 1 aromatic heterocycles. The Morgan fingerprint density at radius 2 is 1.90 bits per heavy atom. The molecule has 2 aromatic rings. The van der Waals surface area contributed by atoms with Crippen LogP contribution in [0.3, 0.4) is 0 Å². The van der Waals surface area contributed by atoms with E-state index in [0.29, 0.717) is 12.8 Å². The first-order valence-corrected chi connectivity index (χ1v) is 6.64. The van der Waals surface area contributed by atoms with Gasteiger partial charge in [0.15, 0.2) is 12.0 Å². The maximum absolute atomic E-state index is 12.7. The zero-order valence-electron chi connectivity index (χ0n) is 10.9. The molecule has 0 aliphatic carbocycles. The van der Waals surface area contributed by atoms with E-state index in [4.69, 9.17) is 11.6 Å². The number of aldehydes is 1. The summed E-state index contributed by atoms with van der Waals surface area (Å²) in [5.74, 6) is 0. The van der Waals surface area contributed by atoms with Crippen LogP contribution in [0.15, 0.2) is 30.3 Å². The van der Waals surface area contributed by atoms with Crippen LogP contribution in [0.2, 0.25) is 5.15 Å². The Balaban J connectivity index is 2.10. The van der Waals surface area contributed by atoms with E-state index in [2.05, 4.69) is 5.10 Å². The van der Waals surface area contributed by atoms with Crippen LogP contribution in [-0.4, -0.2) is 16.1 Å². The molecule has 112 valence electrons. The van der Waals surface area contributed by atoms with Gasteiger partial charge in [-0.15, -0.1) is 0 Å². The fourth-order valence-electron chi connectivity index (χ4n) is 1.99. The molecule has 0 aliphatic rings. The molecule has 0 saturated heterocycles. The van der Waals surface area contributed by atoms with Gasteiger partial charge in [0.25, 0.3) is 0 Å². The summed E-state index contributed by atoms with van der Waals surface area (Å²) in [5, 5.41) is 3.14. The Hall–Kier alpha value is -1.82. The molecule has 0 fully saturated rings. The van der Waals surface area contributed by atoms with Gasteiger partial charge in [-0.25, -0.2) is 0 Å². The topological polar surface area (TPSA) is 34.9 Å². The van der Waals surface area contributed by atoms with Gasteiger partial charge in [0, 0.05) is 6.54 Å². The minimum Gasteiger partial charge on any atom is -0.298 e. The SMILES string of the molecule is O=Cc1c(C(F)(F)F)nn(CCCc2ccccc2)c1Cl. The monoisotopic (exact) mass is 316 g/mol. The largest absolute Gasteiger partial charge is 0.435 e. The summed E-state index contributed by atoms with van der Waals surface area (Å²) >= 11 is 5.79. The number of nitrogens with zero attached hydrogens (tertiary/aromatic N) is 2. The molecule has 0 radical (unpaired) electrons. The smallest absolute Gasteiger partial charge is 0.298 e. The molecule has 2 rings (SSSR count). The van der Waals surface area contributed by atoms with E-state index in [-0.39, 0.29) is 18.0 Å². The second kappa shape index (κ2) is 6.30. The molecule has 0 saturated carbocycles. The van der Waals surface area contributed by atoms with Crippen LogP contribution in [0.25, 0.3) is 0 Å². The average molecular weight is 317 g/mol. The van der Waals surface area contributed by atoms with Gasteiger partial charge in [0.1, 0.15) is 5.15 Å². The second-order valence-corrected chi connectivity index (χ2v) is 4.84. The molecule has 1 heterocycles. The van der Waals surface area contributed by atoms with Gasteiger partial charge in [-0.3, -0.25) is 9.48 Å². The van der Waals surface area contributed by atoms with Crippen molar-refractivity contribution in [3.8, 4) is 0 Å². The lowest BCUT2D eigenvalue weighted by atomic mass is 10.1. The number of carbonyl (C=O) groups excluding carboxylic acids is 1. The quantitative estimate of drug-likeness (QED) is 0.781. The fraction of sp³-hybridized carbons (Fsp3) is 0.286. The van der Waals surface area contributed by atoms with Gasteiger partial charge in [-0.1, -0.05) is 41.9 Å². The molecule has 0 atom stereocenters. The van der Waals surface area contributed by atoms with Crippen LogP contribution in [0.5, 0.6) is 0 Å². The number of rotatable bonds is 5. The van der Waals surface area contributed by atoms with Crippen molar-refractivity contribution in [3.05, 3.63) is 52.3 Å². The molecular formula is C14H12ClF3N2O. The first-order valence-electron chi connectivity index (χ1n) is 6.26. The van der Waals surface area contributed by atoms with E-state index in [1.165, 1.54) is 0 Å². The summed E-state index contributed by atoms with van der Waals surface area (Å²) in [6.45, 7) is 0.213.